The lowest BCUT2D eigenvalue weighted by Gasteiger charge is -2.41. The van der Waals surface area contributed by atoms with E-state index in [2.05, 4.69) is 29.4 Å². The molecule has 1 aromatic rings. The lowest BCUT2D eigenvalue weighted by Crippen LogP contribution is -2.45. The molecule has 0 aromatic carbocycles. The molecule has 0 unspecified atom stereocenters. The van der Waals surface area contributed by atoms with Crippen molar-refractivity contribution in [3.8, 4) is 5.88 Å². The zero-order valence-electron chi connectivity index (χ0n) is 11.8. The number of aromatic amines is 1. The topological polar surface area (TPSA) is 49.9 Å². The van der Waals surface area contributed by atoms with Crippen LogP contribution in [0.4, 0.5) is 0 Å². The third kappa shape index (κ3) is 3.48. The number of ether oxygens (including phenoxy) is 1. The Hall–Kier alpha value is -1.03. The molecule has 1 heterocycles. The van der Waals surface area contributed by atoms with Gasteiger partial charge in [0.1, 0.15) is 5.60 Å². The third-order valence-corrected chi connectivity index (χ3v) is 3.58. The van der Waals surface area contributed by atoms with Gasteiger partial charge < -0.3 is 10.1 Å². The van der Waals surface area contributed by atoms with Crippen molar-refractivity contribution in [3.05, 3.63) is 11.8 Å². The number of aromatic nitrogens is 2. The fourth-order valence-corrected chi connectivity index (χ4v) is 2.35. The summed E-state index contributed by atoms with van der Waals surface area (Å²) in [5, 5.41) is 10.6. The summed E-state index contributed by atoms with van der Waals surface area (Å²) in [6.45, 7) is 8.57. The smallest absolute Gasteiger partial charge is 0.233 e. The first-order valence-electron chi connectivity index (χ1n) is 7.01. The monoisotopic (exact) mass is 251 g/mol. The molecule has 0 saturated heterocycles. The fraction of sp³-hybridized carbons (Fsp3) is 0.786. The standard InChI is InChI=1S/C14H25N3O/c1-11(2)10-15-8-7-14(5-4-6-14)18-13-9-12(3)16-17-13/h9,11,15H,4-8,10H2,1-3H3,(H,16,17). The highest BCUT2D eigenvalue weighted by molar-refractivity contribution is 5.14. The largest absolute Gasteiger partial charge is 0.470 e. The van der Waals surface area contributed by atoms with Crippen LogP contribution in [-0.4, -0.2) is 28.9 Å². The molecule has 102 valence electrons. The number of H-pyrrole nitrogens is 1. The molecule has 0 bridgehead atoms. The first kappa shape index (κ1) is 13.4. The van der Waals surface area contributed by atoms with Crippen molar-refractivity contribution in [2.75, 3.05) is 13.1 Å². The van der Waals surface area contributed by atoms with Crippen LogP contribution in [0.15, 0.2) is 6.07 Å². The lowest BCUT2D eigenvalue weighted by atomic mass is 9.77. The van der Waals surface area contributed by atoms with Gasteiger partial charge in [0, 0.05) is 11.8 Å². The van der Waals surface area contributed by atoms with Crippen molar-refractivity contribution in [1.29, 1.82) is 0 Å². The van der Waals surface area contributed by atoms with Gasteiger partial charge in [-0.1, -0.05) is 13.8 Å². The molecule has 4 heteroatoms. The quantitative estimate of drug-likeness (QED) is 0.732. The molecule has 1 saturated carbocycles. The normalized spacial score (nSPS) is 17.8. The Bertz CT molecular complexity index is 369. The van der Waals surface area contributed by atoms with Crippen LogP contribution < -0.4 is 10.1 Å². The number of aryl methyl sites for hydroxylation is 1. The molecule has 0 radical (unpaired) electrons. The summed E-state index contributed by atoms with van der Waals surface area (Å²) in [5.41, 5.74) is 1.09. The number of nitrogens with one attached hydrogen (secondary N) is 2. The molecule has 1 aromatic heterocycles. The first-order valence-corrected chi connectivity index (χ1v) is 7.01. The third-order valence-electron chi connectivity index (χ3n) is 3.58. The van der Waals surface area contributed by atoms with Crippen molar-refractivity contribution in [1.82, 2.24) is 15.5 Å². The van der Waals surface area contributed by atoms with E-state index < -0.39 is 0 Å². The van der Waals surface area contributed by atoms with Gasteiger partial charge in [-0.15, -0.1) is 5.10 Å². The van der Waals surface area contributed by atoms with E-state index in [9.17, 15) is 0 Å². The maximum Gasteiger partial charge on any atom is 0.233 e. The summed E-state index contributed by atoms with van der Waals surface area (Å²) < 4.78 is 6.08. The summed E-state index contributed by atoms with van der Waals surface area (Å²) in [7, 11) is 0. The van der Waals surface area contributed by atoms with Crippen molar-refractivity contribution < 1.29 is 4.74 Å². The van der Waals surface area contributed by atoms with Crippen molar-refractivity contribution >= 4 is 0 Å². The predicted molar refractivity (Wildman–Crippen MR) is 72.9 cm³/mol. The van der Waals surface area contributed by atoms with Gasteiger partial charge in [-0.25, -0.2) is 0 Å². The Labute approximate surface area is 110 Å². The lowest BCUT2D eigenvalue weighted by molar-refractivity contribution is -0.0180. The minimum absolute atomic E-state index is 0.0333. The van der Waals surface area contributed by atoms with Crippen molar-refractivity contribution in [2.45, 2.75) is 52.1 Å². The molecule has 0 spiro atoms. The second-order valence-electron chi connectivity index (χ2n) is 5.88. The summed E-state index contributed by atoms with van der Waals surface area (Å²) in [5.74, 6) is 1.45. The SMILES string of the molecule is Cc1cc(OC2(CCNCC(C)C)CCC2)n[nH]1. The summed E-state index contributed by atoms with van der Waals surface area (Å²) >= 11 is 0. The van der Waals surface area contributed by atoms with E-state index in [-0.39, 0.29) is 5.60 Å². The second-order valence-corrected chi connectivity index (χ2v) is 5.88. The molecular weight excluding hydrogens is 226 g/mol. The van der Waals surface area contributed by atoms with E-state index >= 15 is 0 Å². The predicted octanol–water partition coefficient (Wildman–Crippen LogP) is 2.66. The van der Waals surface area contributed by atoms with E-state index in [1.165, 1.54) is 6.42 Å². The van der Waals surface area contributed by atoms with Gasteiger partial charge in [0.05, 0.1) is 0 Å². The number of nitrogens with zero attached hydrogens (tertiary/aromatic N) is 1. The fourth-order valence-electron chi connectivity index (χ4n) is 2.35. The number of hydrogen-bond donors (Lipinski definition) is 2. The minimum atomic E-state index is 0.0333. The molecule has 0 atom stereocenters. The molecule has 1 aliphatic rings. The average molecular weight is 251 g/mol. The highest BCUT2D eigenvalue weighted by Crippen LogP contribution is 2.38. The van der Waals surface area contributed by atoms with Crippen LogP contribution in [-0.2, 0) is 0 Å². The second kappa shape index (κ2) is 5.74. The maximum atomic E-state index is 6.08. The molecular formula is C14H25N3O. The van der Waals surface area contributed by atoms with Gasteiger partial charge in [0.2, 0.25) is 5.88 Å². The average Bonchev–Trinajstić information content (AvgIpc) is 2.66. The molecule has 4 nitrogen and oxygen atoms in total. The molecule has 0 aliphatic heterocycles. The minimum Gasteiger partial charge on any atom is -0.470 e. The Balaban J connectivity index is 1.79. The van der Waals surface area contributed by atoms with Crippen LogP contribution in [0.25, 0.3) is 0 Å². The Kier molecular flexibility index (Phi) is 4.27. The molecule has 1 aliphatic carbocycles. The molecule has 0 amide bonds. The van der Waals surface area contributed by atoms with Crippen LogP contribution in [0, 0.1) is 12.8 Å². The van der Waals surface area contributed by atoms with Gasteiger partial charge in [0.25, 0.3) is 0 Å². The van der Waals surface area contributed by atoms with E-state index in [0.29, 0.717) is 5.92 Å². The van der Waals surface area contributed by atoms with Crippen LogP contribution in [0.1, 0.15) is 45.2 Å². The number of rotatable bonds is 7. The Morgan fingerprint density at radius 1 is 1.50 bits per heavy atom. The van der Waals surface area contributed by atoms with Crippen LogP contribution in [0.5, 0.6) is 5.88 Å². The highest BCUT2D eigenvalue weighted by atomic mass is 16.5. The van der Waals surface area contributed by atoms with E-state index in [0.717, 1.165) is 43.9 Å². The van der Waals surface area contributed by atoms with Gasteiger partial charge >= 0.3 is 0 Å². The highest BCUT2D eigenvalue weighted by Gasteiger charge is 2.39. The summed E-state index contributed by atoms with van der Waals surface area (Å²) in [6, 6.07) is 1.97. The zero-order valence-corrected chi connectivity index (χ0v) is 11.8. The molecule has 18 heavy (non-hydrogen) atoms. The number of hydrogen-bond acceptors (Lipinski definition) is 3. The summed E-state index contributed by atoms with van der Waals surface area (Å²) in [6.07, 6.45) is 4.66. The van der Waals surface area contributed by atoms with E-state index in [1.54, 1.807) is 0 Å². The first-order chi connectivity index (χ1) is 8.60. The van der Waals surface area contributed by atoms with Crippen LogP contribution >= 0.6 is 0 Å². The van der Waals surface area contributed by atoms with Gasteiger partial charge in [0.15, 0.2) is 0 Å². The summed E-state index contributed by atoms with van der Waals surface area (Å²) in [4.78, 5) is 0. The molecule has 2 rings (SSSR count). The molecule has 1 fully saturated rings. The van der Waals surface area contributed by atoms with Crippen molar-refractivity contribution in [3.63, 3.8) is 0 Å². The molecule has 2 N–H and O–H groups in total. The van der Waals surface area contributed by atoms with E-state index in [4.69, 9.17) is 4.74 Å². The Morgan fingerprint density at radius 2 is 2.28 bits per heavy atom. The zero-order chi connectivity index (χ0) is 13.0. The van der Waals surface area contributed by atoms with Gasteiger partial charge in [-0.05, 0) is 51.6 Å². The van der Waals surface area contributed by atoms with E-state index in [1.807, 2.05) is 13.0 Å². The van der Waals surface area contributed by atoms with Crippen molar-refractivity contribution in [2.24, 2.45) is 5.92 Å². The van der Waals surface area contributed by atoms with Crippen LogP contribution in [0.3, 0.4) is 0 Å². The maximum absolute atomic E-state index is 6.08. The van der Waals surface area contributed by atoms with Gasteiger partial charge in [-0.2, -0.15) is 0 Å². The van der Waals surface area contributed by atoms with Crippen LogP contribution in [0.2, 0.25) is 0 Å². The van der Waals surface area contributed by atoms with Gasteiger partial charge in [-0.3, -0.25) is 5.10 Å². The Morgan fingerprint density at radius 3 is 2.78 bits per heavy atom.